The molecule has 4 nitrogen and oxygen atoms in total. The first kappa shape index (κ1) is 12.6. The fourth-order valence-electron chi connectivity index (χ4n) is 2.65. The molecule has 100 valence electrons. The fourth-order valence-corrected chi connectivity index (χ4v) is 2.65. The molecular weight excluding hydrogens is 248 g/mol. The van der Waals surface area contributed by atoms with E-state index in [0.29, 0.717) is 12.5 Å². The molecule has 1 atom stereocenters. The van der Waals surface area contributed by atoms with Crippen molar-refractivity contribution in [1.82, 2.24) is 4.40 Å². The van der Waals surface area contributed by atoms with E-state index in [2.05, 4.69) is 45.6 Å². The van der Waals surface area contributed by atoms with Crippen molar-refractivity contribution in [2.75, 3.05) is 0 Å². The topological polar surface area (TPSA) is 53.2 Å². The van der Waals surface area contributed by atoms with Gasteiger partial charge in [0.25, 0.3) is 0 Å². The van der Waals surface area contributed by atoms with Gasteiger partial charge in [0, 0.05) is 22.9 Å². The minimum absolute atomic E-state index is 0.383. The van der Waals surface area contributed by atoms with Gasteiger partial charge in [-0.3, -0.25) is 0 Å². The van der Waals surface area contributed by atoms with Crippen LogP contribution in [-0.2, 0) is 6.54 Å². The molecule has 0 fully saturated rings. The van der Waals surface area contributed by atoms with Gasteiger partial charge in [-0.1, -0.05) is 36.3 Å². The van der Waals surface area contributed by atoms with Gasteiger partial charge in [0.15, 0.2) is 0 Å². The van der Waals surface area contributed by atoms with Gasteiger partial charge >= 0.3 is 0 Å². The van der Waals surface area contributed by atoms with Crippen LogP contribution in [0.4, 0.5) is 0 Å². The molecule has 0 radical (unpaired) electrons. The largest absolute Gasteiger partial charge is 0.323 e. The van der Waals surface area contributed by atoms with Crippen molar-refractivity contribution in [3.05, 3.63) is 70.4 Å². The summed E-state index contributed by atoms with van der Waals surface area (Å²) in [5.41, 5.74) is 13.2. The predicted molar refractivity (Wildman–Crippen MR) is 81.1 cm³/mol. The Bertz CT molecular complexity index is 745. The minimum atomic E-state index is 0.383. The second-order valence-corrected chi connectivity index (χ2v) is 5.14. The van der Waals surface area contributed by atoms with Crippen LogP contribution in [0.1, 0.15) is 24.5 Å². The third-order valence-electron chi connectivity index (χ3n) is 3.67. The van der Waals surface area contributed by atoms with E-state index < -0.39 is 0 Å². The number of aromatic nitrogens is 1. The van der Waals surface area contributed by atoms with Crippen molar-refractivity contribution >= 4 is 11.1 Å². The highest BCUT2D eigenvalue weighted by atomic mass is 15.1. The molecule has 1 unspecified atom stereocenters. The van der Waals surface area contributed by atoms with Gasteiger partial charge in [0.05, 0.1) is 12.1 Å². The first-order valence-corrected chi connectivity index (χ1v) is 6.77. The molecule has 0 saturated heterocycles. The van der Waals surface area contributed by atoms with Crippen LogP contribution in [0.25, 0.3) is 21.5 Å². The average molecular weight is 264 g/mol. The van der Waals surface area contributed by atoms with Crippen molar-refractivity contribution in [1.29, 1.82) is 0 Å². The Kier molecular flexibility index (Phi) is 3.32. The van der Waals surface area contributed by atoms with Gasteiger partial charge in [-0.25, -0.2) is 0 Å². The lowest BCUT2D eigenvalue weighted by Crippen LogP contribution is -1.96. The van der Waals surface area contributed by atoms with E-state index in [1.165, 1.54) is 11.1 Å². The highest BCUT2D eigenvalue weighted by molar-refractivity contribution is 5.86. The van der Waals surface area contributed by atoms with Crippen LogP contribution in [0.5, 0.6) is 0 Å². The average Bonchev–Trinajstić information content (AvgIpc) is 2.84. The van der Waals surface area contributed by atoms with E-state index in [1.807, 2.05) is 24.5 Å². The minimum Gasteiger partial charge on any atom is -0.323 e. The van der Waals surface area contributed by atoms with Gasteiger partial charge in [-0.15, -0.1) is 0 Å². The number of hydrogen-bond donors (Lipinski definition) is 0. The van der Waals surface area contributed by atoms with Crippen LogP contribution >= 0.6 is 0 Å². The van der Waals surface area contributed by atoms with Crippen molar-refractivity contribution in [2.24, 2.45) is 11.0 Å². The number of allylic oxidation sites excluding steroid dienone is 4. The van der Waals surface area contributed by atoms with Gasteiger partial charge in [0.1, 0.15) is 0 Å². The Labute approximate surface area is 117 Å². The van der Waals surface area contributed by atoms with Gasteiger partial charge in [0.2, 0.25) is 0 Å². The van der Waals surface area contributed by atoms with Crippen LogP contribution < -0.4 is 0 Å². The molecule has 20 heavy (non-hydrogen) atoms. The standard InChI is InChI=1S/C16H16N4/c1-12-5-7-13(8-6-12)16-14(10-18-19-17)11-20-9-3-2-4-15(16)20/h2-5,7-9,11-12H,6,10H2,1H3. The second kappa shape index (κ2) is 5.27. The van der Waals surface area contributed by atoms with Crippen molar-refractivity contribution in [3.8, 4) is 0 Å². The highest BCUT2D eigenvalue weighted by Gasteiger charge is 2.14. The molecule has 3 rings (SSSR count). The maximum absolute atomic E-state index is 8.56. The van der Waals surface area contributed by atoms with Crippen LogP contribution in [0.2, 0.25) is 0 Å². The smallest absolute Gasteiger partial charge is 0.0532 e. The van der Waals surface area contributed by atoms with Crippen LogP contribution in [-0.4, -0.2) is 4.40 Å². The summed E-state index contributed by atoms with van der Waals surface area (Å²) in [6.07, 6.45) is 11.8. The predicted octanol–water partition coefficient (Wildman–Crippen LogP) is 4.73. The van der Waals surface area contributed by atoms with Crippen molar-refractivity contribution in [2.45, 2.75) is 19.9 Å². The molecule has 1 aliphatic rings. The van der Waals surface area contributed by atoms with Crippen LogP contribution in [0.3, 0.4) is 0 Å². The summed E-state index contributed by atoms with van der Waals surface area (Å²) in [6, 6.07) is 6.13. The van der Waals surface area contributed by atoms with Crippen LogP contribution in [0.15, 0.2) is 53.9 Å². The number of rotatable bonds is 3. The summed E-state index contributed by atoms with van der Waals surface area (Å²) in [5, 5.41) is 3.72. The van der Waals surface area contributed by atoms with E-state index >= 15 is 0 Å². The number of pyridine rings is 1. The highest BCUT2D eigenvalue weighted by Crippen LogP contribution is 2.31. The number of nitrogens with zero attached hydrogens (tertiary/aromatic N) is 4. The maximum atomic E-state index is 8.56. The summed E-state index contributed by atoms with van der Waals surface area (Å²) in [4.78, 5) is 2.88. The molecule has 0 N–H and O–H groups in total. The molecule has 0 aliphatic heterocycles. The van der Waals surface area contributed by atoms with Crippen molar-refractivity contribution < 1.29 is 0 Å². The lowest BCUT2D eigenvalue weighted by Gasteiger charge is -2.12. The molecule has 0 saturated carbocycles. The zero-order valence-electron chi connectivity index (χ0n) is 11.4. The second-order valence-electron chi connectivity index (χ2n) is 5.14. The SMILES string of the molecule is CC1C=CC(c2c(CN=[N+]=[N-])cn3ccccc23)=CC1. The zero-order valence-corrected chi connectivity index (χ0v) is 11.4. The Balaban J connectivity index is 2.16. The van der Waals surface area contributed by atoms with Crippen LogP contribution in [0, 0.1) is 5.92 Å². The molecule has 2 aromatic heterocycles. The lowest BCUT2D eigenvalue weighted by molar-refractivity contribution is 0.739. The van der Waals surface area contributed by atoms with Crippen molar-refractivity contribution in [3.63, 3.8) is 0 Å². The molecule has 0 spiro atoms. The summed E-state index contributed by atoms with van der Waals surface area (Å²) < 4.78 is 2.09. The molecule has 2 heterocycles. The lowest BCUT2D eigenvalue weighted by atomic mass is 9.93. The van der Waals surface area contributed by atoms with Gasteiger partial charge in [-0.05, 0) is 41.1 Å². The molecule has 0 amide bonds. The molecule has 4 heteroatoms. The normalized spacial score (nSPS) is 17.9. The van der Waals surface area contributed by atoms with Gasteiger partial charge in [-0.2, -0.15) is 0 Å². The van der Waals surface area contributed by atoms with Gasteiger partial charge < -0.3 is 4.40 Å². The molecule has 1 aliphatic carbocycles. The maximum Gasteiger partial charge on any atom is 0.0532 e. The third kappa shape index (κ3) is 2.22. The molecular formula is C16H16N4. The Morgan fingerprint density at radius 3 is 3.10 bits per heavy atom. The first-order valence-electron chi connectivity index (χ1n) is 6.77. The van der Waals surface area contributed by atoms with E-state index in [-0.39, 0.29) is 0 Å². The Morgan fingerprint density at radius 1 is 1.45 bits per heavy atom. The first-order chi connectivity index (χ1) is 9.79. The summed E-state index contributed by atoms with van der Waals surface area (Å²) in [6.45, 7) is 2.59. The Morgan fingerprint density at radius 2 is 2.35 bits per heavy atom. The molecule has 0 bridgehead atoms. The summed E-state index contributed by atoms with van der Waals surface area (Å²) in [7, 11) is 0. The van der Waals surface area contributed by atoms with E-state index in [0.717, 1.165) is 17.5 Å². The number of fused-ring (bicyclic) bond motifs is 1. The monoisotopic (exact) mass is 264 g/mol. The number of hydrogen-bond acceptors (Lipinski definition) is 1. The Hall–Kier alpha value is -2.45. The summed E-state index contributed by atoms with van der Waals surface area (Å²) in [5.74, 6) is 0.591. The zero-order chi connectivity index (χ0) is 13.9. The fraction of sp³-hybridized carbons (Fsp3) is 0.250. The third-order valence-corrected chi connectivity index (χ3v) is 3.67. The number of azide groups is 1. The summed E-state index contributed by atoms with van der Waals surface area (Å²) >= 11 is 0. The molecule has 0 aromatic carbocycles. The quantitative estimate of drug-likeness (QED) is 0.437. The molecule has 2 aromatic rings. The van der Waals surface area contributed by atoms with E-state index in [9.17, 15) is 0 Å². The van der Waals surface area contributed by atoms with E-state index in [4.69, 9.17) is 5.53 Å². The van der Waals surface area contributed by atoms with E-state index in [1.54, 1.807) is 0 Å².